The molecular weight excluding hydrogens is 372 g/mol. The van der Waals surface area contributed by atoms with Gasteiger partial charge < -0.3 is 25.2 Å². The van der Waals surface area contributed by atoms with Crippen LogP contribution in [0.25, 0.3) is 0 Å². The molecule has 3 rings (SSSR count). The molecule has 0 radical (unpaired) electrons. The highest BCUT2D eigenvalue weighted by Gasteiger charge is 2.22. The van der Waals surface area contributed by atoms with E-state index in [-0.39, 0.29) is 24.3 Å². The molecular formula is C21H30N4O2S. The Hall–Kier alpha value is -2.09. The van der Waals surface area contributed by atoms with Crippen molar-refractivity contribution in [1.82, 2.24) is 10.2 Å². The normalized spacial score (nSPS) is 20.8. The molecule has 0 aliphatic carbocycles. The summed E-state index contributed by atoms with van der Waals surface area (Å²) in [6.45, 7) is 6.51. The number of hydrogen-bond donors (Lipinski definition) is 2. The average Bonchev–Trinajstić information content (AvgIpc) is 3.15. The van der Waals surface area contributed by atoms with Crippen molar-refractivity contribution < 1.29 is 9.53 Å². The van der Waals surface area contributed by atoms with E-state index in [1.165, 1.54) is 4.88 Å². The Bertz CT molecular complexity index is 738. The molecule has 0 spiro atoms. The van der Waals surface area contributed by atoms with Crippen LogP contribution in [0.1, 0.15) is 24.8 Å². The van der Waals surface area contributed by atoms with E-state index in [0.29, 0.717) is 6.54 Å². The van der Waals surface area contributed by atoms with Crippen LogP contribution < -0.4 is 15.5 Å². The Balaban J connectivity index is 1.53. The zero-order chi connectivity index (χ0) is 20.1. The molecule has 152 valence electrons. The number of carbonyl (C=O) groups is 1. The minimum absolute atomic E-state index is 0.165. The van der Waals surface area contributed by atoms with Gasteiger partial charge >= 0.3 is 6.03 Å². The van der Waals surface area contributed by atoms with Gasteiger partial charge in [-0.15, -0.1) is 11.3 Å². The number of anilines is 2. The molecule has 1 aliphatic rings. The Morgan fingerprint density at radius 3 is 2.46 bits per heavy atom. The lowest BCUT2D eigenvalue weighted by Crippen LogP contribution is -2.45. The molecule has 6 nitrogen and oxygen atoms in total. The van der Waals surface area contributed by atoms with Crippen LogP contribution in [0, 0.1) is 0 Å². The van der Waals surface area contributed by atoms with Crippen molar-refractivity contribution >= 4 is 28.7 Å². The Labute approximate surface area is 171 Å². The third-order valence-electron chi connectivity index (χ3n) is 4.86. The summed E-state index contributed by atoms with van der Waals surface area (Å²) in [4.78, 5) is 18.0. The van der Waals surface area contributed by atoms with Gasteiger partial charge in [-0.2, -0.15) is 0 Å². The van der Waals surface area contributed by atoms with E-state index in [1.54, 1.807) is 11.3 Å². The molecule has 2 aromatic rings. The average molecular weight is 403 g/mol. The van der Waals surface area contributed by atoms with E-state index in [4.69, 9.17) is 4.74 Å². The molecule has 3 atom stereocenters. The van der Waals surface area contributed by atoms with E-state index < -0.39 is 0 Å². The maximum absolute atomic E-state index is 12.3. The second kappa shape index (κ2) is 9.41. The lowest BCUT2D eigenvalue weighted by Gasteiger charge is -2.36. The van der Waals surface area contributed by atoms with Gasteiger partial charge in [0.25, 0.3) is 0 Å². The number of rotatable bonds is 6. The first-order valence-electron chi connectivity index (χ1n) is 9.67. The molecule has 2 N–H and O–H groups in total. The van der Waals surface area contributed by atoms with Crippen LogP contribution in [-0.2, 0) is 4.74 Å². The molecule has 2 amide bonds. The second-order valence-electron chi connectivity index (χ2n) is 7.54. The maximum Gasteiger partial charge on any atom is 0.319 e. The van der Waals surface area contributed by atoms with Gasteiger partial charge in [0.15, 0.2) is 0 Å². The Morgan fingerprint density at radius 1 is 1.21 bits per heavy atom. The third kappa shape index (κ3) is 5.47. The summed E-state index contributed by atoms with van der Waals surface area (Å²) in [7, 11) is 4.05. The van der Waals surface area contributed by atoms with E-state index in [0.717, 1.165) is 24.5 Å². The van der Waals surface area contributed by atoms with Gasteiger partial charge in [-0.3, -0.25) is 0 Å². The fraction of sp³-hybridized carbons (Fsp3) is 0.476. The molecule has 1 aromatic heterocycles. The van der Waals surface area contributed by atoms with E-state index in [2.05, 4.69) is 57.9 Å². The summed E-state index contributed by atoms with van der Waals surface area (Å²) >= 11 is 1.70. The van der Waals surface area contributed by atoms with Gasteiger partial charge in [-0.25, -0.2) is 4.79 Å². The van der Waals surface area contributed by atoms with Crippen LogP contribution >= 0.6 is 11.3 Å². The van der Waals surface area contributed by atoms with Crippen molar-refractivity contribution in [1.29, 1.82) is 0 Å². The fourth-order valence-corrected chi connectivity index (χ4v) is 4.45. The second-order valence-corrected chi connectivity index (χ2v) is 8.52. The van der Waals surface area contributed by atoms with Crippen molar-refractivity contribution in [3.8, 4) is 0 Å². The number of likely N-dealkylation sites (N-methyl/N-ethyl adjacent to an activating group) is 1. The highest BCUT2D eigenvalue weighted by atomic mass is 32.1. The standard InChI is InChI=1S/C21H30N4O2S/c1-15-13-25(14-16(2)27-15)18-9-7-17(8-10-18)23-21(26)22-12-19(24(3)4)20-6-5-11-28-20/h5-11,15-16,19H,12-14H2,1-4H3,(H2,22,23,26). The topological polar surface area (TPSA) is 56.8 Å². The zero-order valence-corrected chi connectivity index (χ0v) is 17.8. The van der Waals surface area contributed by atoms with Crippen molar-refractivity contribution in [2.24, 2.45) is 0 Å². The number of hydrogen-bond acceptors (Lipinski definition) is 5. The van der Waals surface area contributed by atoms with Gasteiger partial charge in [-0.1, -0.05) is 6.07 Å². The summed E-state index contributed by atoms with van der Waals surface area (Å²) < 4.78 is 5.79. The van der Waals surface area contributed by atoms with Crippen LogP contribution in [0.4, 0.5) is 16.2 Å². The lowest BCUT2D eigenvalue weighted by molar-refractivity contribution is -0.00521. The number of urea groups is 1. The molecule has 0 bridgehead atoms. The van der Waals surface area contributed by atoms with Crippen LogP contribution in [0.2, 0.25) is 0 Å². The van der Waals surface area contributed by atoms with Crippen LogP contribution in [-0.4, -0.2) is 56.9 Å². The fourth-order valence-electron chi connectivity index (χ4n) is 3.53. The monoisotopic (exact) mass is 402 g/mol. The first-order valence-corrected chi connectivity index (χ1v) is 10.6. The van der Waals surface area contributed by atoms with E-state index in [1.807, 2.05) is 32.3 Å². The SMILES string of the molecule is CC1CN(c2ccc(NC(=O)NCC(c3cccs3)N(C)C)cc2)CC(C)O1. The van der Waals surface area contributed by atoms with Gasteiger partial charge in [0, 0.05) is 35.9 Å². The summed E-state index contributed by atoms with van der Waals surface area (Å²) in [5.74, 6) is 0. The highest BCUT2D eigenvalue weighted by Crippen LogP contribution is 2.23. The van der Waals surface area contributed by atoms with Crippen LogP contribution in [0.3, 0.4) is 0 Å². The van der Waals surface area contributed by atoms with Crippen LogP contribution in [0.5, 0.6) is 0 Å². The predicted molar refractivity (Wildman–Crippen MR) is 116 cm³/mol. The molecule has 1 fully saturated rings. The van der Waals surface area contributed by atoms with Crippen molar-refractivity contribution in [3.63, 3.8) is 0 Å². The molecule has 2 heterocycles. The molecule has 0 saturated carbocycles. The minimum Gasteiger partial charge on any atom is -0.372 e. The molecule has 3 unspecified atom stereocenters. The zero-order valence-electron chi connectivity index (χ0n) is 17.0. The number of benzene rings is 1. The number of amides is 2. The molecule has 28 heavy (non-hydrogen) atoms. The third-order valence-corrected chi connectivity index (χ3v) is 5.83. The first kappa shape index (κ1) is 20.6. The van der Waals surface area contributed by atoms with Crippen molar-refractivity contribution in [3.05, 3.63) is 46.7 Å². The van der Waals surface area contributed by atoms with Gasteiger partial charge in [0.1, 0.15) is 0 Å². The molecule has 1 aliphatic heterocycles. The lowest BCUT2D eigenvalue weighted by atomic mass is 10.2. The number of carbonyl (C=O) groups excluding carboxylic acids is 1. The smallest absolute Gasteiger partial charge is 0.319 e. The molecule has 1 aromatic carbocycles. The number of ether oxygens (including phenoxy) is 1. The van der Waals surface area contributed by atoms with Gasteiger partial charge in [0.05, 0.1) is 18.2 Å². The van der Waals surface area contributed by atoms with E-state index >= 15 is 0 Å². The van der Waals surface area contributed by atoms with Crippen molar-refractivity contribution in [2.75, 3.05) is 43.9 Å². The number of nitrogens with one attached hydrogen (secondary N) is 2. The van der Waals surface area contributed by atoms with E-state index in [9.17, 15) is 4.79 Å². The maximum atomic E-state index is 12.3. The van der Waals surface area contributed by atoms with Crippen LogP contribution in [0.15, 0.2) is 41.8 Å². The summed E-state index contributed by atoms with van der Waals surface area (Å²) in [5.41, 5.74) is 1.94. The largest absolute Gasteiger partial charge is 0.372 e. The Morgan fingerprint density at radius 2 is 1.89 bits per heavy atom. The predicted octanol–water partition coefficient (Wildman–Crippen LogP) is 3.79. The summed E-state index contributed by atoms with van der Waals surface area (Å²) in [6.07, 6.45) is 0.445. The number of nitrogens with zero attached hydrogens (tertiary/aromatic N) is 2. The van der Waals surface area contributed by atoms with Gasteiger partial charge in [-0.05, 0) is 63.7 Å². The summed E-state index contributed by atoms with van der Waals surface area (Å²) in [6, 6.07) is 12.1. The molecule has 1 saturated heterocycles. The summed E-state index contributed by atoms with van der Waals surface area (Å²) in [5, 5.41) is 7.96. The molecule has 7 heteroatoms. The quantitative estimate of drug-likeness (QED) is 0.772. The van der Waals surface area contributed by atoms with Crippen molar-refractivity contribution in [2.45, 2.75) is 32.1 Å². The number of morpholine rings is 1. The Kier molecular flexibility index (Phi) is 6.93. The van der Waals surface area contributed by atoms with Gasteiger partial charge in [0.2, 0.25) is 0 Å². The number of thiophene rings is 1. The highest BCUT2D eigenvalue weighted by molar-refractivity contribution is 7.10. The first-order chi connectivity index (χ1) is 13.4. The minimum atomic E-state index is -0.190.